The van der Waals surface area contributed by atoms with Crippen LogP contribution >= 0.6 is 0 Å². The van der Waals surface area contributed by atoms with Crippen molar-refractivity contribution in [2.24, 2.45) is 0 Å². The molecule has 0 aromatic carbocycles. The Morgan fingerprint density at radius 1 is 1.26 bits per heavy atom. The quantitative estimate of drug-likeness (QED) is 0.910. The van der Waals surface area contributed by atoms with Gasteiger partial charge in [-0.3, -0.25) is 0 Å². The van der Waals surface area contributed by atoms with E-state index >= 15 is 0 Å². The largest absolute Gasteiger partial charge is 0.491 e. The molecule has 1 aromatic rings. The molecule has 0 bridgehead atoms. The van der Waals surface area contributed by atoms with Gasteiger partial charge in [-0.05, 0) is 25.5 Å². The molecule has 0 radical (unpaired) electrons. The van der Waals surface area contributed by atoms with Crippen LogP contribution in [0.4, 0.5) is 0 Å². The van der Waals surface area contributed by atoms with E-state index in [0.29, 0.717) is 5.75 Å². The Balaban J connectivity index is 0. The van der Waals surface area contributed by atoms with Crippen molar-refractivity contribution in [3.8, 4) is 11.6 Å². The van der Waals surface area contributed by atoms with Gasteiger partial charge in [0.1, 0.15) is 0 Å². The van der Waals surface area contributed by atoms with Crippen molar-refractivity contribution in [1.82, 2.24) is 4.98 Å². The Bertz CT molecular complexity index is 378. The molecule has 0 aliphatic carbocycles. The number of pyridine rings is 1. The topological polar surface area (TPSA) is 68.7 Å². The molecule has 1 heterocycles. The average Bonchev–Trinajstić information content (AvgIpc) is 2.44. The first-order chi connectivity index (χ1) is 9.04. The highest BCUT2D eigenvalue weighted by Gasteiger charge is 2.10. The first-order valence-electron chi connectivity index (χ1n) is 6.41. The number of carboxylic acids is 1. The molecule has 5 nitrogen and oxygen atoms in total. The number of hydrogen-bond donors (Lipinski definition) is 1. The monoisotopic (exact) mass is 271 g/mol. The smallest absolute Gasteiger partial charge is 0.341 e. The molecule has 1 aromatic heterocycles. The molecule has 110 valence electrons. The molecule has 0 aliphatic rings. The minimum Gasteiger partial charge on any atom is -0.491 e. The molecule has 19 heavy (non-hydrogen) atoms. The summed E-state index contributed by atoms with van der Waals surface area (Å²) in [6.45, 7) is 11.3. The Morgan fingerprint density at radius 3 is 2.21 bits per heavy atom. The molecule has 0 fully saturated rings. The Hall–Kier alpha value is -1.78. The number of aliphatic carboxylic acids is 1. The van der Waals surface area contributed by atoms with Gasteiger partial charge < -0.3 is 14.6 Å². The maximum atomic E-state index is 10.3. The predicted molar refractivity (Wildman–Crippen MR) is 76.1 cm³/mol. The van der Waals surface area contributed by atoms with Crippen molar-refractivity contribution in [2.45, 2.75) is 41.5 Å². The summed E-state index contributed by atoms with van der Waals surface area (Å²) in [6, 6.07) is 1.76. The highest BCUT2D eigenvalue weighted by atomic mass is 16.5. The fourth-order valence-corrected chi connectivity index (χ4v) is 1.04. The summed E-state index contributed by atoms with van der Waals surface area (Å²) >= 11 is 0. The number of carboxylic acid groups (broad SMARTS) is 1. The molecule has 0 saturated carbocycles. The zero-order valence-corrected chi connectivity index (χ0v) is 12.9. The van der Waals surface area contributed by atoms with Gasteiger partial charge in [-0.1, -0.05) is 27.7 Å². The minimum atomic E-state index is -1.04. The molecule has 0 aliphatic heterocycles. The number of carbonyl (C=O) groups is 1. The Kier molecular flexibility index (Phi) is 11.7. The number of hydrogen-bond acceptors (Lipinski definition) is 4. The lowest BCUT2D eigenvalue weighted by atomic mass is 10.2. The fraction of sp³-hybridized carbons (Fsp3) is 0.571. The summed E-state index contributed by atoms with van der Waals surface area (Å²) in [5.74, 6) is -0.389. The van der Waals surface area contributed by atoms with Crippen molar-refractivity contribution in [1.29, 1.82) is 0 Å². The van der Waals surface area contributed by atoms with Gasteiger partial charge in [0, 0.05) is 5.69 Å². The number of aromatic nitrogens is 1. The number of methoxy groups -OCH3 is 1. The fourth-order valence-electron chi connectivity index (χ4n) is 1.04. The number of ether oxygens (including phenoxy) is 2. The summed E-state index contributed by atoms with van der Waals surface area (Å²) in [5.41, 5.74) is 1.76. The van der Waals surface area contributed by atoms with Crippen LogP contribution in [0.3, 0.4) is 0 Å². The van der Waals surface area contributed by atoms with Crippen LogP contribution in [0.15, 0.2) is 6.07 Å². The summed E-state index contributed by atoms with van der Waals surface area (Å²) in [4.78, 5) is 14.4. The molecule has 0 amide bonds. The van der Waals surface area contributed by atoms with E-state index < -0.39 is 12.6 Å². The first-order valence-corrected chi connectivity index (χ1v) is 6.41. The summed E-state index contributed by atoms with van der Waals surface area (Å²) in [5, 5.41) is 8.47. The molecular formula is C14H25NO4. The van der Waals surface area contributed by atoms with Crippen molar-refractivity contribution in [2.75, 3.05) is 13.7 Å². The second-order valence-electron chi connectivity index (χ2n) is 3.08. The van der Waals surface area contributed by atoms with E-state index in [4.69, 9.17) is 14.6 Å². The highest BCUT2D eigenvalue weighted by Crippen LogP contribution is 2.26. The molecule has 0 atom stereocenters. The molecule has 0 spiro atoms. The second-order valence-corrected chi connectivity index (χ2v) is 3.08. The van der Waals surface area contributed by atoms with Gasteiger partial charge >= 0.3 is 5.97 Å². The number of nitrogens with zero attached hydrogens (tertiary/aromatic N) is 1. The van der Waals surface area contributed by atoms with Crippen molar-refractivity contribution in [3.05, 3.63) is 17.3 Å². The van der Waals surface area contributed by atoms with Crippen molar-refractivity contribution in [3.63, 3.8) is 0 Å². The average molecular weight is 271 g/mol. The van der Waals surface area contributed by atoms with Crippen molar-refractivity contribution >= 4 is 5.97 Å². The van der Waals surface area contributed by atoms with E-state index in [2.05, 4.69) is 4.98 Å². The normalized spacial score (nSPS) is 8.37. The lowest BCUT2D eigenvalue weighted by Gasteiger charge is -2.10. The van der Waals surface area contributed by atoms with Gasteiger partial charge in [-0.25, -0.2) is 9.78 Å². The summed E-state index contributed by atoms with van der Waals surface area (Å²) in [7, 11) is 1.49. The molecule has 5 heteroatoms. The molecular weight excluding hydrogens is 246 g/mol. The van der Waals surface area contributed by atoms with E-state index in [9.17, 15) is 4.79 Å². The second kappa shape index (κ2) is 11.3. The molecule has 1 rings (SSSR count). The maximum absolute atomic E-state index is 10.3. The van der Waals surface area contributed by atoms with Gasteiger partial charge in [0.2, 0.25) is 0 Å². The van der Waals surface area contributed by atoms with Crippen LogP contribution in [0, 0.1) is 13.8 Å². The third-order valence-corrected chi connectivity index (χ3v) is 1.95. The standard InChI is InChI=1S/C10H13NO4.2C2H6/c1-6-4-8(14-3)10(11-7(6)2)15-5-9(12)13;2*1-2/h4H,5H2,1-3H3,(H,12,13);2*1-2H3. The summed E-state index contributed by atoms with van der Waals surface area (Å²) < 4.78 is 10.0. The number of rotatable bonds is 4. The molecule has 0 saturated heterocycles. The maximum Gasteiger partial charge on any atom is 0.341 e. The molecule has 1 N–H and O–H groups in total. The third-order valence-electron chi connectivity index (χ3n) is 1.95. The van der Waals surface area contributed by atoms with Crippen LogP contribution in [-0.4, -0.2) is 29.8 Å². The zero-order chi connectivity index (χ0) is 15.4. The SMILES string of the molecule is CC.CC.COc1cc(C)c(C)nc1OCC(=O)O. The van der Waals surface area contributed by atoms with Gasteiger partial charge in [0.15, 0.2) is 12.4 Å². The van der Waals surface area contributed by atoms with Gasteiger partial charge in [0.05, 0.1) is 7.11 Å². The van der Waals surface area contributed by atoms with Crippen LogP contribution in [0.5, 0.6) is 11.6 Å². The van der Waals surface area contributed by atoms with Crippen LogP contribution in [0.1, 0.15) is 39.0 Å². The van der Waals surface area contributed by atoms with E-state index in [1.54, 1.807) is 6.07 Å². The van der Waals surface area contributed by atoms with Crippen LogP contribution in [0.25, 0.3) is 0 Å². The third kappa shape index (κ3) is 7.28. The Morgan fingerprint density at radius 2 is 1.79 bits per heavy atom. The van der Waals surface area contributed by atoms with E-state index in [-0.39, 0.29) is 5.88 Å². The molecule has 0 unspecified atom stereocenters. The van der Waals surface area contributed by atoms with E-state index in [1.807, 2.05) is 41.5 Å². The number of aryl methyl sites for hydroxylation is 2. The van der Waals surface area contributed by atoms with Crippen LogP contribution in [-0.2, 0) is 4.79 Å². The van der Waals surface area contributed by atoms with Crippen LogP contribution in [0.2, 0.25) is 0 Å². The predicted octanol–water partition coefficient (Wildman–Crippen LogP) is 3.22. The van der Waals surface area contributed by atoms with Crippen LogP contribution < -0.4 is 9.47 Å². The minimum absolute atomic E-state index is 0.211. The van der Waals surface area contributed by atoms with E-state index in [1.165, 1.54) is 7.11 Å². The van der Waals surface area contributed by atoms with Gasteiger partial charge in [-0.2, -0.15) is 0 Å². The van der Waals surface area contributed by atoms with E-state index in [0.717, 1.165) is 11.3 Å². The summed E-state index contributed by atoms with van der Waals surface area (Å²) in [6.07, 6.45) is 0. The van der Waals surface area contributed by atoms with Crippen molar-refractivity contribution < 1.29 is 19.4 Å². The first kappa shape index (κ1) is 19.6. The Labute approximate surface area is 115 Å². The highest BCUT2D eigenvalue weighted by molar-refractivity contribution is 5.68. The van der Waals surface area contributed by atoms with Gasteiger partial charge in [-0.15, -0.1) is 0 Å². The zero-order valence-electron chi connectivity index (χ0n) is 12.9. The van der Waals surface area contributed by atoms with Gasteiger partial charge in [0.25, 0.3) is 5.88 Å². The lowest BCUT2D eigenvalue weighted by Crippen LogP contribution is -2.11. The lowest BCUT2D eigenvalue weighted by molar-refractivity contribution is -0.139.